The summed E-state index contributed by atoms with van der Waals surface area (Å²) in [6.07, 6.45) is -2.71. The second-order valence-electron chi connectivity index (χ2n) is 4.11. The van der Waals surface area contributed by atoms with Crippen LogP contribution in [0.3, 0.4) is 0 Å². The van der Waals surface area contributed by atoms with Crippen molar-refractivity contribution in [2.75, 3.05) is 6.61 Å². The minimum absolute atomic E-state index is 0.0153. The Balaban J connectivity index is 1.80. The summed E-state index contributed by atoms with van der Waals surface area (Å²) < 4.78 is 28.4. The van der Waals surface area contributed by atoms with E-state index in [1.54, 1.807) is 30.3 Å². The van der Waals surface area contributed by atoms with Crippen LogP contribution < -0.4 is 0 Å². The summed E-state index contributed by atoms with van der Waals surface area (Å²) in [6.45, 7) is -0.0153. The Bertz CT molecular complexity index is 443. The molecule has 97 valence electrons. The molecule has 4 nitrogen and oxygen atoms in total. The predicted molar refractivity (Wildman–Crippen MR) is 67.5 cm³/mol. The van der Waals surface area contributed by atoms with Crippen LogP contribution in [0.4, 0.5) is 4.39 Å². The minimum atomic E-state index is -1.28. The van der Waals surface area contributed by atoms with Crippen molar-refractivity contribution < 1.29 is 23.3 Å². The fourth-order valence-electron chi connectivity index (χ4n) is 1.82. The Hall–Kier alpha value is -1.49. The number of halogens is 1. The molecule has 0 aromatic heterocycles. The van der Waals surface area contributed by atoms with E-state index in [0.29, 0.717) is 5.56 Å². The molecule has 0 bridgehead atoms. The predicted octanol–water partition coefficient (Wildman–Crippen LogP) is 1.02. The SMILES string of the molecule is [B]=BOC1O[C@H](COC(=O)c2ccccc2)C[C@@H]1F. The Morgan fingerprint density at radius 2 is 2.21 bits per heavy atom. The monoisotopic (exact) mass is 261 g/mol. The summed E-state index contributed by atoms with van der Waals surface area (Å²) in [4.78, 5) is 11.7. The van der Waals surface area contributed by atoms with Crippen molar-refractivity contribution in [3.05, 3.63) is 35.9 Å². The van der Waals surface area contributed by atoms with E-state index in [2.05, 4.69) is 0 Å². The molecule has 1 aromatic rings. The van der Waals surface area contributed by atoms with Gasteiger partial charge < -0.3 is 0 Å². The molecule has 0 spiro atoms. The Morgan fingerprint density at radius 3 is 2.89 bits per heavy atom. The summed E-state index contributed by atoms with van der Waals surface area (Å²) in [6, 6.07) is 8.56. The van der Waals surface area contributed by atoms with Crippen LogP contribution in [0.5, 0.6) is 0 Å². The third kappa shape index (κ3) is 3.73. The van der Waals surface area contributed by atoms with Crippen molar-refractivity contribution in [3.63, 3.8) is 0 Å². The van der Waals surface area contributed by atoms with Crippen LogP contribution in [0, 0.1) is 0 Å². The van der Waals surface area contributed by atoms with Gasteiger partial charge in [0.25, 0.3) is 0 Å². The maximum atomic E-state index is 13.4. The molecule has 1 radical (unpaired) electrons. The molecule has 0 amide bonds. The standard InChI is InChI=1S/C12H12B2FO4/c13-14-19-12-10(15)6-9(18-12)7-17-11(16)8-4-2-1-3-5-8/h1-5,9-10,12H,6-7H2/t9-,10-,12?/m0/s1. The fourth-order valence-corrected chi connectivity index (χ4v) is 1.82. The summed E-state index contributed by atoms with van der Waals surface area (Å²) in [5.74, 6) is -0.464. The molecule has 1 aliphatic rings. The molecule has 7 heteroatoms. The first-order chi connectivity index (χ1) is 9.20. The second-order valence-corrected chi connectivity index (χ2v) is 4.11. The van der Waals surface area contributed by atoms with Crippen molar-refractivity contribution >= 4 is 20.3 Å². The summed E-state index contributed by atoms with van der Waals surface area (Å²) in [7, 11) is 5.92. The number of rotatable bonds is 5. The first-order valence-electron chi connectivity index (χ1n) is 5.91. The molecule has 0 aliphatic carbocycles. The zero-order valence-electron chi connectivity index (χ0n) is 10.2. The Kier molecular flexibility index (Phi) is 4.85. The van der Waals surface area contributed by atoms with E-state index in [1.807, 2.05) is 0 Å². The normalized spacial score (nSPS) is 25.6. The Labute approximate surface area is 112 Å². The van der Waals surface area contributed by atoms with Crippen molar-refractivity contribution in [1.29, 1.82) is 0 Å². The molecule has 1 heterocycles. The molecule has 1 aromatic carbocycles. The summed E-state index contributed by atoms with van der Waals surface area (Å²) >= 11 is 0. The third-order valence-electron chi connectivity index (χ3n) is 2.73. The van der Waals surface area contributed by atoms with E-state index < -0.39 is 24.5 Å². The van der Waals surface area contributed by atoms with Gasteiger partial charge in [-0.2, -0.15) is 0 Å². The molecule has 0 N–H and O–H groups in total. The van der Waals surface area contributed by atoms with Crippen LogP contribution in [0.1, 0.15) is 16.8 Å². The van der Waals surface area contributed by atoms with Crippen LogP contribution in [0.15, 0.2) is 30.3 Å². The summed E-state index contributed by atoms with van der Waals surface area (Å²) in [5.41, 5.74) is 0.445. The van der Waals surface area contributed by atoms with Crippen LogP contribution in [0.2, 0.25) is 0 Å². The van der Waals surface area contributed by atoms with Crippen LogP contribution in [-0.4, -0.2) is 45.5 Å². The van der Waals surface area contributed by atoms with Gasteiger partial charge in [-0.25, -0.2) is 0 Å². The van der Waals surface area contributed by atoms with Gasteiger partial charge in [-0.1, -0.05) is 0 Å². The van der Waals surface area contributed by atoms with E-state index in [1.165, 1.54) is 0 Å². The molecule has 1 saturated heterocycles. The molecule has 19 heavy (non-hydrogen) atoms. The van der Waals surface area contributed by atoms with E-state index in [0.717, 1.165) is 7.00 Å². The van der Waals surface area contributed by atoms with Gasteiger partial charge in [0.05, 0.1) is 0 Å². The van der Waals surface area contributed by atoms with Gasteiger partial charge in [-0.05, 0) is 0 Å². The van der Waals surface area contributed by atoms with Gasteiger partial charge >= 0.3 is 111 Å². The molecular formula is C12H12B2FO4. The molecule has 3 atom stereocenters. The molecule has 1 unspecified atom stereocenters. The van der Waals surface area contributed by atoms with Crippen LogP contribution in [-0.2, 0) is 14.1 Å². The Morgan fingerprint density at radius 1 is 1.47 bits per heavy atom. The number of hydrogen-bond acceptors (Lipinski definition) is 4. The average Bonchev–Trinajstić information content (AvgIpc) is 2.78. The topological polar surface area (TPSA) is 44.8 Å². The van der Waals surface area contributed by atoms with E-state index >= 15 is 0 Å². The molecule has 1 aliphatic heterocycles. The molecule has 2 rings (SSSR count). The van der Waals surface area contributed by atoms with Gasteiger partial charge in [0.15, 0.2) is 0 Å². The van der Waals surface area contributed by atoms with Crippen LogP contribution in [0.25, 0.3) is 0 Å². The second kappa shape index (κ2) is 6.61. The zero-order valence-corrected chi connectivity index (χ0v) is 10.2. The fraction of sp³-hybridized carbons (Fsp3) is 0.417. The van der Waals surface area contributed by atoms with E-state index in [9.17, 15) is 9.18 Å². The third-order valence-corrected chi connectivity index (χ3v) is 2.73. The number of carbonyl (C=O) groups excluding carboxylic acids is 1. The molecular weight excluding hydrogens is 249 g/mol. The number of hydrogen-bond donors (Lipinski definition) is 0. The molecule has 1 fully saturated rings. The zero-order chi connectivity index (χ0) is 13.7. The van der Waals surface area contributed by atoms with Crippen LogP contribution >= 0.6 is 0 Å². The first kappa shape index (κ1) is 13.9. The van der Waals surface area contributed by atoms with Crippen molar-refractivity contribution in [2.45, 2.75) is 25.0 Å². The number of carbonyl (C=O) groups is 1. The number of alkyl halides is 1. The number of benzene rings is 1. The van der Waals surface area contributed by atoms with Crippen molar-refractivity contribution in [3.8, 4) is 0 Å². The van der Waals surface area contributed by atoms with Gasteiger partial charge in [0.1, 0.15) is 0 Å². The van der Waals surface area contributed by atoms with Gasteiger partial charge in [-0.15, -0.1) is 0 Å². The van der Waals surface area contributed by atoms with E-state index in [-0.39, 0.29) is 13.0 Å². The summed E-state index contributed by atoms with van der Waals surface area (Å²) in [5, 5.41) is 0. The maximum absolute atomic E-state index is 13.4. The molecule has 0 saturated carbocycles. The van der Waals surface area contributed by atoms with Gasteiger partial charge in [0.2, 0.25) is 0 Å². The number of ether oxygens (including phenoxy) is 2. The van der Waals surface area contributed by atoms with Gasteiger partial charge in [-0.3, -0.25) is 0 Å². The quantitative estimate of drug-likeness (QED) is 0.586. The number of esters is 1. The average molecular weight is 261 g/mol. The van der Waals surface area contributed by atoms with E-state index in [4.69, 9.17) is 21.5 Å². The van der Waals surface area contributed by atoms with Crippen molar-refractivity contribution in [1.82, 2.24) is 0 Å². The van der Waals surface area contributed by atoms with Crippen molar-refractivity contribution in [2.24, 2.45) is 0 Å². The van der Waals surface area contributed by atoms with Gasteiger partial charge in [0, 0.05) is 0 Å². The first-order valence-corrected chi connectivity index (χ1v) is 5.91.